The van der Waals surface area contributed by atoms with Crippen LogP contribution >= 0.6 is 24.0 Å². The molecule has 8 heteroatoms. The van der Waals surface area contributed by atoms with Crippen LogP contribution in [0.2, 0.25) is 0 Å². The second-order valence-electron chi connectivity index (χ2n) is 7.84. The molecule has 0 aliphatic carbocycles. The van der Waals surface area contributed by atoms with Gasteiger partial charge in [-0.25, -0.2) is 4.99 Å². The highest BCUT2D eigenvalue weighted by Gasteiger charge is 2.23. The summed E-state index contributed by atoms with van der Waals surface area (Å²) >= 11 is 0. The second kappa shape index (κ2) is 12.3. The molecule has 2 N–H and O–H groups in total. The van der Waals surface area contributed by atoms with Crippen molar-refractivity contribution in [1.82, 2.24) is 15.5 Å². The maximum atomic E-state index is 5.58. The van der Waals surface area contributed by atoms with Crippen LogP contribution in [-0.2, 0) is 11.3 Å². The standard InChI is InChI=1S/C24H32N4O3.HI/c1-3-25-24(26-15-19-7-8-22-23(14-19)31-17-30-22)27-16-21(28-9-11-29-12-10-28)20-6-4-5-18(2)13-20;/h4-8,13-14,21H,3,9-12,15-17H2,1-2H3,(H2,25,26,27);1H. The Balaban J connectivity index is 0.00000289. The molecule has 0 radical (unpaired) electrons. The summed E-state index contributed by atoms with van der Waals surface area (Å²) in [5, 5.41) is 6.93. The third-order valence-corrected chi connectivity index (χ3v) is 5.58. The highest BCUT2D eigenvalue weighted by Crippen LogP contribution is 2.32. The molecule has 2 aromatic rings. The summed E-state index contributed by atoms with van der Waals surface area (Å²) < 4.78 is 16.5. The fourth-order valence-electron chi connectivity index (χ4n) is 3.97. The lowest BCUT2D eigenvalue weighted by molar-refractivity contribution is 0.0170. The van der Waals surface area contributed by atoms with E-state index in [1.54, 1.807) is 0 Å². The maximum Gasteiger partial charge on any atom is 0.231 e. The van der Waals surface area contributed by atoms with Crippen molar-refractivity contribution in [3.63, 3.8) is 0 Å². The minimum atomic E-state index is 0. The van der Waals surface area contributed by atoms with Gasteiger partial charge in [-0.15, -0.1) is 24.0 Å². The first-order valence-corrected chi connectivity index (χ1v) is 11.0. The molecule has 0 amide bonds. The van der Waals surface area contributed by atoms with Gasteiger partial charge in [-0.2, -0.15) is 0 Å². The van der Waals surface area contributed by atoms with Crippen LogP contribution in [0.15, 0.2) is 47.5 Å². The SMILES string of the molecule is CCNC(=NCc1ccc2c(c1)OCO2)NCC(c1cccc(C)c1)N1CCOCC1.I. The number of halogens is 1. The largest absolute Gasteiger partial charge is 0.454 e. The zero-order valence-corrected chi connectivity index (χ0v) is 21.1. The number of morpholine rings is 1. The van der Waals surface area contributed by atoms with Crippen LogP contribution in [0.3, 0.4) is 0 Å². The van der Waals surface area contributed by atoms with Crippen molar-refractivity contribution in [1.29, 1.82) is 0 Å². The number of nitrogens with one attached hydrogen (secondary N) is 2. The molecule has 0 spiro atoms. The van der Waals surface area contributed by atoms with Crippen LogP contribution < -0.4 is 20.1 Å². The second-order valence-corrected chi connectivity index (χ2v) is 7.84. The van der Waals surface area contributed by atoms with E-state index < -0.39 is 0 Å². The molecule has 174 valence electrons. The summed E-state index contributed by atoms with van der Waals surface area (Å²) in [6.45, 7) is 10.1. The van der Waals surface area contributed by atoms with Gasteiger partial charge in [0, 0.05) is 26.2 Å². The third kappa shape index (κ3) is 6.49. The average molecular weight is 552 g/mol. The fourth-order valence-corrected chi connectivity index (χ4v) is 3.97. The predicted octanol–water partition coefficient (Wildman–Crippen LogP) is 3.47. The summed E-state index contributed by atoms with van der Waals surface area (Å²) in [6.07, 6.45) is 0. The van der Waals surface area contributed by atoms with Crippen LogP contribution in [0.25, 0.3) is 0 Å². The van der Waals surface area contributed by atoms with Crippen molar-refractivity contribution in [2.24, 2.45) is 4.99 Å². The topological polar surface area (TPSA) is 67.4 Å². The summed E-state index contributed by atoms with van der Waals surface area (Å²) in [5.41, 5.74) is 3.69. The van der Waals surface area contributed by atoms with E-state index >= 15 is 0 Å². The van der Waals surface area contributed by atoms with Crippen molar-refractivity contribution in [3.8, 4) is 11.5 Å². The molecule has 2 heterocycles. The molecular formula is C24H33IN4O3. The number of nitrogens with zero attached hydrogens (tertiary/aromatic N) is 2. The molecule has 32 heavy (non-hydrogen) atoms. The van der Waals surface area contributed by atoms with Crippen LogP contribution in [0, 0.1) is 6.92 Å². The van der Waals surface area contributed by atoms with Gasteiger partial charge in [-0.1, -0.05) is 35.9 Å². The maximum absolute atomic E-state index is 5.58. The summed E-state index contributed by atoms with van der Waals surface area (Å²) in [6, 6.07) is 15.0. The molecule has 0 saturated carbocycles. The first-order chi connectivity index (χ1) is 15.2. The molecule has 4 rings (SSSR count). The Hall–Kier alpha value is -2.04. The number of aliphatic imine (C=N–C) groups is 1. The number of aryl methyl sites for hydroxylation is 1. The lowest BCUT2D eigenvalue weighted by Crippen LogP contribution is -2.46. The molecule has 7 nitrogen and oxygen atoms in total. The molecule has 1 unspecified atom stereocenters. The molecule has 0 aromatic heterocycles. The molecule has 2 aliphatic rings. The molecule has 2 aliphatic heterocycles. The monoisotopic (exact) mass is 552 g/mol. The quantitative estimate of drug-likeness (QED) is 0.312. The highest BCUT2D eigenvalue weighted by molar-refractivity contribution is 14.0. The van der Waals surface area contributed by atoms with Gasteiger partial charge in [0.25, 0.3) is 0 Å². The number of guanidine groups is 1. The Morgan fingerprint density at radius 1 is 1.06 bits per heavy atom. The molecule has 1 saturated heterocycles. The number of hydrogen-bond acceptors (Lipinski definition) is 5. The fraction of sp³-hybridized carbons (Fsp3) is 0.458. The van der Waals surface area contributed by atoms with Crippen molar-refractivity contribution in [3.05, 3.63) is 59.2 Å². The number of benzene rings is 2. The summed E-state index contributed by atoms with van der Waals surface area (Å²) in [4.78, 5) is 7.29. The first-order valence-electron chi connectivity index (χ1n) is 11.0. The number of rotatable bonds is 7. The molecule has 0 bridgehead atoms. The van der Waals surface area contributed by atoms with Crippen LogP contribution in [0.1, 0.15) is 29.7 Å². The van der Waals surface area contributed by atoms with E-state index in [0.29, 0.717) is 6.54 Å². The van der Waals surface area contributed by atoms with Crippen LogP contribution in [-0.4, -0.2) is 57.0 Å². The van der Waals surface area contributed by atoms with E-state index in [0.717, 1.165) is 62.4 Å². The van der Waals surface area contributed by atoms with Gasteiger partial charge in [-0.05, 0) is 37.1 Å². The van der Waals surface area contributed by atoms with Crippen molar-refractivity contribution >= 4 is 29.9 Å². The van der Waals surface area contributed by atoms with E-state index in [2.05, 4.69) is 53.6 Å². The third-order valence-electron chi connectivity index (χ3n) is 5.58. The van der Waals surface area contributed by atoms with Gasteiger partial charge in [0.2, 0.25) is 6.79 Å². The van der Waals surface area contributed by atoms with Crippen molar-refractivity contribution in [2.45, 2.75) is 26.4 Å². The molecule has 2 aromatic carbocycles. The van der Waals surface area contributed by atoms with E-state index in [4.69, 9.17) is 19.2 Å². The van der Waals surface area contributed by atoms with Gasteiger partial charge < -0.3 is 24.8 Å². The lowest BCUT2D eigenvalue weighted by atomic mass is 10.0. The van der Waals surface area contributed by atoms with E-state index in [-0.39, 0.29) is 36.8 Å². The Kier molecular flexibility index (Phi) is 9.43. The van der Waals surface area contributed by atoms with Crippen molar-refractivity contribution < 1.29 is 14.2 Å². The molecule has 1 fully saturated rings. The van der Waals surface area contributed by atoms with E-state index in [9.17, 15) is 0 Å². The summed E-state index contributed by atoms with van der Waals surface area (Å²) in [7, 11) is 0. The van der Waals surface area contributed by atoms with Crippen LogP contribution in [0.4, 0.5) is 0 Å². The first kappa shape index (κ1) is 24.6. The smallest absolute Gasteiger partial charge is 0.231 e. The average Bonchev–Trinajstić information content (AvgIpc) is 3.26. The lowest BCUT2D eigenvalue weighted by Gasteiger charge is -2.35. The zero-order valence-electron chi connectivity index (χ0n) is 18.8. The highest BCUT2D eigenvalue weighted by atomic mass is 127. The molecule has 1 atom stereocenters. The number of ether oxygens (including phenoxy) is 3. The normalized spacial score (nSPS) is 16.9. The Bertz CT molecular complexity index is 903. The number of hydrogen-bond donors (Lipinski definition) is 2. The van der Waals surface area contributed by atoms with Gasteiger partial charge in [0.15, 0.2) is 17.5 Å². The number of fused-ring (bicyclic) bond motifs is 1. The minimum absolute atomic E-state index is 0. The minimum Gasteiger partial charge on any atom is -0.454 e. The van der Waals surface area contributed by atoms with Crippen molar-refractivity contribution in [2.75, 3.05) is 46.2 Å². The van der Waals surface area contributed by atoms with Gasteiger partial charge >= 0.3 is 0 Å². The van der Waals surface area contributed by atoms with E-state index in [1.807, 2.05) is 18.2 Å². The van der Waals surface area contributed by atoms with Crippen LogP contribution in [0.5, 0.6) is 11.5 Å². The Morgan fingerprint density at radius 3 is 2.66 bits per heavy atom. The zero-order chi connectivity index (χ0) is 21.5. The summed E-state index contributed by atoms with van der Waals surface area (Å²) in [5.74, 6) is 2.40. The van der Waals surface area contributed by atoms with E-state index in [1.165, 1.54) is 11.1 Å². The Morgan fingerprint density at radius 2 is 1.88 bits per heavy atom. The van der Waals surface area contributed by atoms with Gasteiger partial charge in [0.1, 0.15) is 0 Å². The molecular weight excluding hydrogens is 519 g/mol. The Labute approximate surface area is 207 Å². The van der Waals surface area contributed by atoms with Gasteiger partial charge in [0.05, 0.1) is 25.8 Å². The van der Waals surface area contributed by atoms with Gasteiger partial charge in [-0.3, -0.25) is 4.90 Å². The predicted molar refractivity (Wildman–Crippen MR) is 137 cm³/mol.